The smallest absolute Gasteiger partial charge is 0.249 e. The van der Waals surface area contributed by atoms with Crippen molar-refractivity contribution >= 4 is 27.5 Å². The van der Waals surface area contributed by atoms with Crippen LogP contribution in [0.5, 0.6) is 0 Å². The number of carbonyl (C=O) groups is 1. The molecule has 18 heavy (non-hydrogen) atoms. The summed E-state index contributed by atoms with van der Waals surface area (Å²) >= 11 is 3.35. The molecule has 1 saturated heterocycles. The van der Waals surface area contributed by atoms with Crippen molar-refractivity contribution in [2.24, 2.45) is 5.73 Å². The van der Waals surface area contributed by atoms with Gasteiger partial charge in [-0.05, 0) is 59.9 Å². The first-order valence-corrected chi connectivity index (χ1v) is 7.03. The second-order valence-corrected chi connectivity index (χ2v) is 5.42. The number of rotatable bonds is 5. The fraction of sp³-hybridized carbons (Fsp3) is 0.462. The van der Waals surface area contributed by atoms with Crippen LogP contribution in [0.2, 0.25) is 0 Å². The molecule has 98 valence electrons. The zero-order chi connectivity index (χ0) is 13.0. The van der Waals surface area contributed by atoms with Crippen LogP contribution in [0.1, 0.15) is 29.6 Å². The Morgan fingerprint density at radius 2 is 2.39 bits per heavy atom. The Kier molecular flexibility index (Phi) is 4.60. The van der Waals surface area contributed by atoms with E-state index in [1.165, 1.54) is 12.8 Å². The quantitative estimate of drug-likeness (QED) is 0.780. The normalized spacial score (nSPS) is 18.8. The van der Waals surface area contributed by atoms with E-state index in [1.54, 1.807) is 6.07 Å². The topological polar surface area (TPSA) is 67.2 Å². The third-order valence-electron chi connectivity index (χ3n) is 3.22. The Morgan fingerprint density at radius 3 is 3.00 bits per heavy atom. The maximum absolute atomic E-state index is 11.1. The summed E-state index contributed by atoms with van der Waals surface area (Å²) in [5, 5.41) is 6.82. The van der Waals surface area contributed by atoms with Crippen molar-refractivity contribution in [3.8, 4) is 0 Å². The molecule has 1 aromatic carbocycles. The number of amides is 1. The number of nitrogens with one attached hydrogen (secondary N) is 2. The van der Waals surface area contributed by atoms with E-state index in [0.717, 1.165) is 29.7 Å². The lowest BCUT2D eigenvalue weighted by Gasteiger charge is -2.12. The highest BCUT2D eigenvalue weighted by molar-refractivity contribution is 9.10. The summed E-state index contributed by atoms with van der Waals surface area (Å²) in [4.78, 5) is 11.1. The minimum atomic E-state index is -0.413. The van der Waals surface area contributed by atoms with Gasteiger partial charge < -0.3 is 16.4 Å². The molecule has 1 unspecified atom stereocenters. The van der Waals surface area contributed by atoms with E-state index in [9.17, 15) is 4.79 Å². The van der Waals surface area contributed by atoms with Crippen LogP contribution < -0.4 is 16.4 Å². The van der Waals surface area contributed by atoms with Crippen LogP contribution in [0.4, 0.5) is 5.69 Å². The van der Waals surface area contributed by atoms with Crippen LogP contribution in [0.15, 0.2) is 22.7 Å². The average Bonchev–Trinajstić information content (AvgIpc) is 2.81. The number of benzene rings is 1. The van der Waals surface area contributed by atoms with Gasteiger partial charge in [-0.15, -0.1) is 0 Å². The molecule has 1 aliphatic rings. The number of hydrogen-bond acceptors (Lipinski definition) is 3. The fourth-order valence-corrected chi connectivity index (χ4v) is 2.79. The summed E-state index contributed by atoms with van der Waals surface area (Å²) in [6.45, 7) is 2.07. The van der Waals surface area contributed by atoms with E-state index in [0.29, 0.717) is 11.6 Å². The predicted octanol–water partition coefficient (Wildman–Crippen LogP) is 2.10. The molecule has 1 aliphatic heterocycles. The van der Waals surface area contributed by atoms with Crippen molar-refractivity contribution in [2.75, 3.05) is 18.4 Å². The maximum atomic E-state index is 11.1. The molecule has 5 heteroatoms. The molecule has 0 aromatic heterocycles. The number of hydrogen-bond donors (Lipinski definition) is 3. The first kappa shape index (κ1) is 13.4. The van der Waals surface area contributed by atoms with Crippen LogP contribution in [-0.2, 0) is 0 Å². The lowest BCUT2D eigenvalue weighted by molar-refractivity contribution is 0.0999. The van der Waals surface area contributed by atoms with Gasteiger partial charge in [-0.2, -0.15) is 0 Å². The summed E-state index contributed by atoms with van der Waals surface area (Å²) in [5.41, 5.74) is 6.77. The molecular weight excluding hydrogens is 294 g/mol. The first-order chi connectivity index (χ1) is 8.66. The van der Waals surface area contributed by atoms with E-state index < -0.39 is 5.91 Å². The van der Waals surface area contributed by atoms with Crippen LogP contribution in [0.3, 0.4) is 0 Å². The van der Waals surface area contributed by atoms with Gasteiger partial charge in [0.15, 0.2) is 0 Å². The monoisotopic (exact) mass is 311 g/mol. The Balaban J connectivity index is 1.85. The van der Waals surface area contributed by atoms with Crippen LogP contribution >= 0.6 is 15.9 Å². The van der Waals surface area contributed by atoms with Crippen LogP contribution in [-0.4, -0.2) is 25.0 Å². The van der Waals surface area contributed by atoms with Gasteiger partial charge >= 0.3 is 0 Å². The highest BCUT2D eigenvalue weighted by atomic mass is 79.9. The van der Waals surface area contributed by atoms with Crippen LogP contribution in [0.25, 0.3) is 0 Å². The van der Waals surface area contributed by atoms with Crippen molar-refractivity contribution in [1.29, 1.82) is 0 Å². The van der Waals surface area contributed by atoms with Gasteiger partial charge in [0.05, 0.1) is 5.56 Å². The molecule has 0 saturated carbocycles. The van der Waals surface area contributed by atoms with Crippen LogP contribution in [0, 0.1) is 0 Å². The molecular formula is C13H18BrN3O. The Bertz CT molecular complexity index is 430. The molecule has 1 fully saturated rings. The molecule has 1 aromatic rings. The summed E-state index contributed by atoms with van der Waals surface area (Å²) < 4.78 is 0.735. The van der Waals surface area contributed by atoms with E-state index in [4.69, 9.17) is 5.73 Å². The van der Waals surface area contributed by atoms with E-state index >= 15 is 0 Å². The molecule has 1 atom stereocenters. The summed E-state index contributed by atoms with van der Waals surface area (Å²) in [5.74, 6) is -0.413. The minimum Gasteiger partial charge on any atom is -0.385 e. The molecule has 0 spiro atoms. The van der Waals surface area contributed by atoms with Crippen molar-refractivity contribution in [3.63, 3.8) is 0 Å². The van der Waals surface area contributed by atoms with Crippen molar-refractivity contribution in [2.45, 2.75) is 25.3 Å². The number of carbonyl (C=O) groups excluding carboxylic acids is 1. The van der Waals surface area contributed by atoms with E-state index in [1.807, 2.05) is 12.1 Å². The Hall–Kier alpha value is -1.07. The zero-order valence-electron chi connectivity index (χ0n) is 10.2. The standard InChI is InChI=1S/C13H18BrN3O/c14-12-8-10(3-4-11(12)13(15)18)17-7-5-9-2-1-6-16-9/h3-4,8-9,16-17H,1-2,5-7H2,(H2,15,18). The highest BCUT2D eigenvalue weighted by Gasteiger charge is 2.13. The summed E-state index contributed by atoms with van der Waals surface area (Å²) in [6.07, 6.45) is 3.67. The molecule has 1 heterocycles. The number of halogens is 1. The Labute approximate surface area is 115 Å². The lowest BCUT2D eigenvalue weighted by atomic mass is 10.1. The molecule has 1 amide bonds. The average molecular weight is 312 g/mol. The Morgan fingerprint density at radius 1 is 1.56 bits per heavy atom. The molecule has 0 radical (unpaired) electrons. The molecule has 4 N–H and O–H groups in total. The van der Waals surface area contributed by atoms with Gasteiger partial charge in [0, 0.05) is 22.7 Å². The molecule has 2 rings (SSSR count). The molecule has 0 bridgehead atoms. The van der Waals surface area contributed by atoms with Gasteiger partial charge in [0.2, 0.25) is 5.91 Å². The van der Waals surface area contributed by atoms with Gasteiger partial charge in [-0.25, -0.2) is 0 Å². The zero-order valence-corrected chi connectivity index (χ0v) is 11.8. The molecule has 4 nitrogen and oxygen atoms in total. The van der Waals surface area contributed by atoms with Gasteiger partial charge in [-0.3, -0.25) is 4.79 Å². The van der Waals surface area contributed by atoms with Gasteiger partial charge in [-0.1, -0.05) is 0 Å². The number of anilines is 1. The SMILES string of the molecule is NC(=O)c1ccc(NCCC2CCCN2)cc1Br. The number of primary amides is 1. The highest BCUT2D eigenvalue weighted by Crippen LogP contribution is 2.21. The third-order valence-corrected chi connectivity index (χ3v) is 3.87. The summed E-state index contributed by atoms with van der Waals surface area (Å²) in [7, 11) is 0. The van der Waals surface area contributed by atoms with E-state index in [-0.39, 0.29) is 0 Å². The minimum absolute atomic E-state index is 0.413. The van der Waals surface area contributed by atoms with Crippen molar-refractivity contribution < 1.29 is 4.79 Å². The maximum Gasteiger partial charge on any atom is 0.249 e. The second-order valence-electron chi connectivity index (χ2n) is 4.57. The molecule has 0 aliphatic carbocycles. The van der Waals surface area contributed by atoms with Crippen molar-refractivity contribution in [1.82, 2.24) is 5.32 Å². The number of nitrogens with two attached hydrogens (primary N) is 1. The van der Waals surface area contributed by atoms with Gasteiger partial charge in [0.25, 0.3) is 0 Å². The summed E-state index contributed by atoms with van der Waals surface area (Å²) in [6, 6.07) is 6.16. The lowest BCUT2D eigenvalue weighted by Crippen LogP contribution is -2.24. The largest absolute Gasteiger partial charge is 0.385 e. The fourth-order valence-electron chi connectivity index (χ4n) is 2.22. The predicted molar refractivity (Wildman–Crippen MR) is 76.8 cm³/mol. The first-order valence-electron chi connectivity index (χ1n) is 6.23. The van der Waals surface area contributed by atoms with Gasteiger partial charge in [0.1, 0.15) is 0 Å². The van der Waals surface area contributed by atoms with E-state index in [2.05, 4.69) is 26.6 Å². The second kappa shape index (κ2) is 6.20. The van der Waals surface area contributed by atoms with Crippen molar-refractivity contribution in [3.05, 3.63) is 28.2 Å². The third kappa shape index (κ3) is 3.46.